The summed E-state index contributed by atoms with van der Waals surface area (Å²) in [6, 6.07) is 11.4. The number of aryl methyl sites for hydroxylation is 1. The second-order valence-corrected chi connectivity index (χ2v) is 11.7. The van der Waals surface area contributed by atoms with Crippen molar-refractivity contribution in [3.05, 3.63) is 82.0 Å². The van der Waals surface area contributed by atoms with Crippen molar-refractivity contribution in [3.8, 4) is 0 Å². The van der Waals surface area contributed by atoms with Gasteiger partial charge in [-0.15, -0.1) is 0 Å². The number of carbonyl (C=O) groups excluding carboxylic acids is 2. The third-order valence-corrected chi connectivity index (χ3v) is 8.71. The van der Waals surface area contributed by atoms with Gasteiger partial charge in [0.1, 0.15) is 22.7 Å². The summed E-state index contributed by atoms with van der Waals surface area (Å²) in [4.78, 5) is 38.7. The molecule has 4 heterocycles. The van der Waals surface area contributed by atoms with E-state index >= 15 is 0 Å². The molecule has 41 heavy (non-hydrogen) atoms. The van der Waals surface area contributed by atoms with Crippen LogP contribution in [0.5, 0.6) is 0 Å². The number of anilines is 2. The normalized spacial score (nSPS) is 21.3. The highest BCUT2D eigenvalue weighted by Crippen LogP contribution is 2.49. The van der Waals surface area contributed by atoms with Crippen molar-refractivity contribution in [1.29, 1.82) is 0 Å². The zero-order valence-corrected chi connectivity index (χ0v) is 23.2. The van der Waals surface area contributed by atoms with Crippen molar-refractivity contribution in [3.63, 3.8) is 0 Å². The fourth-order valence-corrected chi connectivity index (χ4v) is 6.55. The highest BCUT2D eigenvalue weighted by atomic mass is 35.5. The van der Waals surface area contributed by atoms with E-state index in [1.54, 1.807) is 11.0 Å². The Morgan fingerprint density at radius 3 is 2.61 bits per heavy atom. The minimum absolute atomic E-state index is 0.0228. The van der Waals surface area contributed by atoms with Gasteiger partial charge in [-0.05, 0) is 74.4 Å². The highest BCUT2D eigenvalue weighted by molar-refractivity contribution is 6.30. The number of pyridine rings is 2. The molecule has 6 rings (SSSR count). The fourth-order valence-electron chi connectivity index (χ4n) is 6.39. The van der Waals surface area contributed by atoms with Crippen molar-refractivity contribution in [1.82, 2.24) is 15.3 Å². The van der Waals surface area contributed by atoms with Crippen molar-refractivity contribution < 1.29 is 22.8 Å². The smallest absolute Gasteiger partial charge is 0.281 e. The molecule has 11 heteroatoms. The van der Waals surface area contributed by atoms with Gasteiger partial charge in [0.2, 0.25) is 5.91 Å². The lowest BCUT2D eigenvalue weighted by atomic mass is 9.74. The van der Waals surface area contributed by atoms with E-state index in [1.165, 1.54) is 18.2 Å². The molecule has 3 aromatic rings. The first-order valence-corrected chi connectivity index (χ1v) is 14.1. The fraction of sp³-hybridized carbons (Fsp3) is 0.400. The largest absolute Gasteiger partial charge is 0.354 e. The van der Waals surface area contributed by atoms with Crippen molar-refractivity contribution in [2.24, 2.45) is 5.92 Å². The average molecular weight is 584 g/mol. The van der Waals surface area contributed by atoms with E-state index in [1.807, 2.05) is 25.1 Å². The van der Waals surface area contributed by atoms with Gasteiger partial charge in [0.25, 0.3) is 12.3 Å². The molecule has 7 nitrogen and oxygen atoms in total. The topological polar surface area (TPSA) is 78.4 Å². The first-order valence-electron chi connectivity index (χ1n) is 13.7. The number of hydrogen-bond acceptors (Lipinski definition) is 5. The van der Waals surface area contributed by atoms with Crippen LogP contribution in [0.2, 0.25) is 5.02 Å². The molecule has 1 aromatic carbocycles. The molecule has 1 saturated carbocycles. The number of nitrogens with zero attached hydrogens (tertiary/aromatic N) is 4. The average Bonchev–Trinajstić information content (AvgIpc) is 3.15. The van der Waals surface area contributed by atoms with Gasteiger partial charge < -0.3 is 15.1 Å². The van der Waals surface area contributed by atoms with E-state index < -0.39 is 23.4 Å². The van der Waals surface area contributed by atoms with Crippen LogP contribution in [-0.2, 0) is 10.2 Å². The molecule has 1 aliphatic carbocycles. The first-order chi connectivity index (χ1) is 19.6. The zero-order valence-electron chi connectivity index (χ0n) is 22.4. The summed E-state index contributed by atoms with van der Waals surface area (Å²) in [6.45, 7) is 3.34. The van der Waals surface area contributed by atoms with Crippen LogP contribution in [0, 0.1) is 18.7 Å². The van der Waals surface area contributed by atoms with Gasteiger partial charge in [-0.25, -0.2) is 18.2 Å². The van der Waals surface area contributed by atoms with Gasteiger partial charge in [-0.2, -0.15) is 0 Å². The van der Waals surface area contributed by atoms with Crippen LogP contribution in [0.4, 0.5) is 24.7 Å². The maximum Gasteiger partial charge on any atom is 0.281 e. The summed E-state index contributed by atoms with van der Waals surface area (Å²) < 4.78 is 41.1. The molecule has 1 spiro atoms. The molecule has 2 fully saturated rings. The molecule has 0 bridgehead atoms. The van der Waals surface area contributed by atoms with E-state index in [0.717, 1.165) is 36.1 Å². The van der Waals surface area contributed by atoms with Crippen molar-refractivity contribution in [2.45, 2.75) is 50.5 Å². The van der Waals surface area contributed by atoms with Gasteiger partial charge in [0, 0.05) is 37.6 Å². The minimum atomic E-state index is -2.89. The SMILES string of the molecule is Cc1cccc(N2CC3(C2)C(=O)N(C[C@H]2CC[C@H](NC(=O)c4cc(Cl)cnc4C(F)F)CC2)c2cc(F)ccc23)n1. The molecule has 2 aliphatic heterocycles. The van der Waals surface area contributed by atoms with E-state index in [4.69, 9.17) is 11.6 Å². The number of nitrogens with one attached hydrogen (secondary N) is 1. The van der Waals surface area contributed by atoms with E-state index in [0.29, 0.717) is 38.2 Å². The first kappa shape index (κ1) is 27.5. The molecule has 1 saturated heterocycles. The van der Waals surface area contributed by atoms with Crippen LogP contribution in [0.1, 0.15) is 59.4 Å². The number of halogens is 4. The quantitative estimate of drug-likeness (QED) is 0.408. The van der Waals surface area contributed by atoms with Gasteiger partial charge in [-0.1, -0.05) is 23.7 Å². The van der Waals surface area contributed by atoms with Gasteiger partial charge in [0.05, 0.1) is 16.3 Å². The van der Waals surface area contributed by atoms with Crippen LogP contribution >= 0.6 is 11.6 Å². The summed E-state index contributed by atoms with van der Waals surface area (Å²) in [7, 11) is 0. The molecule has 2 aromatic heterocycles. The van der Waals surface area contributed by atoms with Crippen molar-refractivity contribution >= 4 is 34.9 Å². The standard InChI is InChI=1S/C30H29ClF3N5O2/c1-17-3-2-4-25(36-17)38-15-30(16-38)23-10-7-20(32)12-24(23)39(29(30)41)14-18-5-8-21(9-6-18)37-28(40)22-11-19(31)13-35-26(22)27(33)34/h2-4,7,10-13,18,21,27H,5-6,8-9,14-16H2,1H3,(H,37,40)/t18-,21-. The second-order valence-electron chi connectivity index (χ2n) is 11.2. The summed E-state index contributed by atoms with van der Waals surface area (Å²) in [6.07, 6.45) is 0.907. The van der Waals surface area contributed by atoms with Gasteiger partial charge in [0.15, 0.2) is 0 Å². The predicted molar refractivity (Wildman–Crippen MR) is 149 cm³/mol. The number of carbonyl (C=O) groups is 2. The van der Waals surface area contributed by atoms with Crippen LogP contribution < -0.4 is 15.1 Å². The zero-order chi connectivity index (χ0) is 28.9. The van der Waals surface area contributed by atoms with Crippen LogP contribution in [-0.4, -0.2) is 47.5 Å². The van der Waals surface area contributed by atoms with Gasteiger partial charge in [-0.3, -0.25) is 14.6 Å². The lowest BCUT2D eigenvalue weighted by molar-refractivity contribution is -0.124. The molecular formula is C30H29ClF3N5O2. The predicted octanol–water partition coefficient (Wildman–Crippen LogP) is 5.61. The molecular weight excluding hydrogens is 555 g/mol. The maximum absolute atomic E-state index is 14.4. The number of hydrogen-bond donors (Lipinski definition) is 1. The number of benzene rings is 1. The molecule has 2 amide bonds. The number of alkyl halides is 2. The summed E-state index contributed by atoms with van der Waals surface area (Å²) in [5.41, 5.74) is 0.814. The van der Waals surface area contributed by atoms with E-state index in [-0.39, 0.29) is 34.3 Å². The molecule has 0 atom stereocenters. The number of aromatic nitrogens is 2. The Balaban J connectivity index is 1.12. The molecule has 214 valence electrons. The minimum Gasteiger partial charge on any atom is -0.354 e. The monoisotopic (exact) mass is 583 g/mol. The summed E-state index contributed by atoms with van der Waals surface area (Å²) >= 11 is 5.90. The Kier molecular flexibility index (Phi) is 7.13. The van der Waals surface area contributed by atoms with Gasteiger partial charge >= 0.3 is 0 Å². The lowest BCUT2D eigenvalue weighted by Crippen LogP contribution is -2.64. The van der Waals surface area contributed by atoms with Crippen LogP contribution in [0.3, 0.4) is 0 Å². The molecule has 0 radical (unpaired) electrons. The number of amides is 2. The van der Waals surface area contributed by atoms with E-state index in [2.05, 4.69) is 20.2 Å². The lowest BCUT2D eigenvalue weighted by Gasteiger charge is -2.47. The summed E-state index contributed by atoms with van der Waals surface area (Å²) in [5.74, 6) is -0.0688. The third kappa shape index (κ3) is 5.03. The summed E-state index contributed by atoms with van der Waals surface area (Å²) in [5, 5.41) is 2.96. The Hall–Kier alpha value is -3.66. The number of fused-ring (bicyclic) bond motifs is 2. The Bertz CT molecular complexity index is 1510. The molecule has 1 N–H and O–H groups in total. The van der Waals surface area contributed by atoms with Crippen LogP contribution in [0.15, 0.2) is 48.7 Å². The molecule has 3 aliphatic rings. The van der Waals surface area contributed by atoms with Crippen molar-refractivity contribution in [2.75, 3.05) is 29.4 Å². The molecule has 0 unspecified atom stereocenters. The van der Waals surface area contributed by atoms with E-state index in [9.17, 15) is 22.8 Å². The van der Waals surface area contributed by atoms with Crippen LogP contribution in [0.25, 0.3) is 0 Å². The Labute approximate surface area is 240 Å². The Morgan fingerprint density at radius 1 is 1.15 bits per heavy atom. The Morgan fingerprint density at radius 2 is 1.90 bits per heavy atom. The number of rotatable bonds is 6. The highest BCUT2D eigenvalue weighted by Gasteiger charge is 2.58. The third-order valence-electron chi connectivity index (χ3n) is 8.50. The second kappa shape index (κ2) is 10.6. The maximum atomic E-state index is 14.4.